The summed E-state index contributed by atoms with van der Waals surface area (Å²) in [5.74, 6) is -1.59. The average Bonchev–Trinajstić information content (AvgIpc) is 3.02. The predicted octanol–water partition coefficient (Wildman–Crippen LogP) is 12.4. The van der Waals surface area contributed by atoms with Crippen molar-refractivity contribution in [3.05, 3.63) is 48.5 Å². The van der Waals surface area contributed by atoms with Gasteiger partial charge in [-0.15, -0.1) is 0 Å². The molecule has 1 unspecified atom stereocenters. The van der Waals surface area contributed by atoms with E-state index in [2.05, 4.69) is 112 Å². The van der Waals surface area contributed by atoms with Gasteiger partial charge in [-0.1, -0.05) is 13.8 Å². The predicted molar refractivity (Wildman–Crippen MR) is 336 cm³/mol. The number of hydrogen-bond acceptors (Lipinski definition) is 12. The number of benzene rings is 2. The molecule has 0 amide bonds. The Kier molecular flexibility index (Phi) is 24.1. The summed E-state index contributed by atoms with van der Waals surface area (Å²) < 4.78 is 32.9. The monoisotopic (exact) mass is 1150 g/mol. The van der Waals surface area contributed by atoms with Gasteiger partial charge in [0.25, 0.3) is 0 Å². The fraction of sp³-hybridized carbons (Fsp3) is 0.809. The van der Waals surface area contributed by atoms with Crippen LogP contribution >= 0.6 is 7.26 Å². The van der Waals surface area contributed by atoms with Gasteiger partial charge in [0.2, 0.25) is 0 Å². The molecule has 13 heteroatoms. The molecule has 0 bridgehead atoms. The van der Waals surface area contributed by atoms with E-state index in [-0.39, 0.29) is 30.5 Å². The van der Waals surface area contributed by atoms with E-state index in [0.29, 0.717) is 32.1 Å². The molecule has 0 aromatic heterocycles. The molecule has 7 rings (SSSR count). The Hall–Kier alpha value is -2.22. The number of aliphatic hydroxyl groups is 3. The molecular weight excluding hydrogens is 1030 g/mol. The first kappa shape index (κ1) is 66.3. The average molecular weight is 1150 g/mol. The first-order valence-corrected chi connectivity index (χ1v) is 34.9. The van der Waals surface area contributed by atoms with Crippen molar-refractivity contribution in [2.24, 2.45) is 17.8 Å². The molecule has 2 saturated carbocycles. The van der Waals surface area contributed by atoms with E-state index in [1.54, 1.807) is 12.4 Å². The number of cyclic esters (lactones) is 1. The molecule has 2 aromatic rings. The second-order valence-electron chi connectivity index (χ2n) is 28.1. The number of nitrogens with zero attached hydrogens (tertiary/aromatic N) is 3. The summed E-state index contributed by atoms with van der Waals surface area (Å²) in [4.78, 5) is 21.9. The van der Waals surface area contributed by atoms with E-state index >= 15 is 0 Å². The zero-order chi connectivity index (χ0) is 58.9. The van der Waals surface area contributed by atoms with Crippen molar-refractivity contribution in [1.29, 1.82) is 0 Å². The van der Waals surface area contributed by atoms with Gasteiger partial charge >= 0.3 is 326 Å². The topological polar surface area (TPSA) is 134 Å². The van der Waals surface area contributed by atoms with Gasteiger partial charge in [-0.25, -0.2) is 0 Å². The van der Waals surface area contributed by atoms with Crippen LogP contribution < -0.4 is 10.2 Å². The number of esters is 1. The zero-order valence-corrected chi connectivity index (χ0v) is 54.3. The number of carbonyl (C=O) groups excluding carboxylic acids is 1. The third kappa shape index (κ3) is 16.3. The number of para-hydroxylation sites is 1. The van der Waals surface area contributed by atoms with Gasteiger partial charge in [-0.3, -0.25) is 4.79 Å². The summed E-state index contributed by atoms with van der Waals surface area (Å²) >= 11 is 0. The Morgan fingerprint density at radius 1 is 0.741 bits per heavy atom. The molecule has 15 atom stereocenters. The van der Waals surface area contributed by atoms with Gasteiger partial charge in [0.15, 0.2) is 6.29 Å². The van der Waals surface area contributed by atoms with Crippen molar-refractivity contribution < 1.29 is 43.8 Å². The van der Waals surface area contributed by atoms with Crippen LogP contribution in [-0.2, 0) is 28.5 Å². The Bertz CT molecular complexity index is 2220. The van der Waals surface area contributed by atoms with Crippen molar-refractivity contribution in [2.75, 3.05) is 59.5 Å². The van der Waals surface area contributed by atoms with Crippen LogP contribution in [0.3, 0.4) is 0 Å². The van der Waals surface area contributed by atoms with Crippen molar-refractivity contribution in [2.45, 2.75) is 280 Å². The number of anilines is 1. The first-order valence-electron chi connectivity index (χ1n) is 32.6. The molecular formula is C68H116N3O9P. The molecule has 3 N–H and O–H groups in total. The van der Waals surface area contributed by atoms with Gasteiger partial charge in [-0.05, 0) is 47.7 Å². The summed E-state index contributed by atoms with van der Waals surface area (Å²) in [7, 11) is 8.11. The Balaban J connectivity index is 1.15. The molecule has 0 spiro atoms. The summed E-state index contributed by atoms with van der Waals surface area (Å²) in [6.45, 7) is 19.5. The molecule has 3 saturated heterocycles. The fourth-order valence-electron chi connectivity index (χ4n) is 16.6. The van der Waals surface area contributed by atoms with Crippen LogP contribution in [0.15, 0.2) is 48.5 Å². The number of carbonyl (C=O) groups is 1. The molecule has 12 nitrogen and oxygen atoms in total. The van der Waals surface area contributed by atoms with E-state index in [4.69, 9.17) is 23.7 Å². The molecule has 462 valence electrons. The molecule has 3 aliphatic heterocycles. The number of aliphatic hydroxyl groups excluding tert-OH is 1. The van der Waals surface area contributed by atoms with Crippen molar-refractivity contribution in [3.63, 3.8) is 0 Å². The van der Waals surface area contributed by atoms with Gasteiger partial charge in [-0.2, -0.15) is 0 Å². The van der Waals surface area contributed by atoms with Gasteiger partial charge < -0.3 is 29.0 Å². The quantitative estimate of drug-likeness (QED) is 0.0745. The Morgan fingerprint density at radius 2 is 1.36 bits per heavy atom. The number of rotatable bonds is 18. The molecule has 2 aliphatic carbocycles. The number of ether oxygens (including phenoxy) is 5. The number of methoxy groups -OCH3 is 1. The SMILES string of the molecule is CC[C@H]1OC(=O)[C@H](C)C([C@H]2C[C@@](C)(OC)[C@@H](O)[C@H](C)O2)C[C@@H](O[C@H]2C[C@@H](N(C)C)C[C@@H](C)O2)[C@](C)(O)C[C@@H](C)CN(CCCCCC[PH](c2ccccc2-c2ccccc2N(C)C)(C2CCCCC2)C2CCCCC2)[C@H](C)C[C@]1(C)O. The third-order valence-corrected chi connectivity index (χ3v) is 27.9. The van der Waals surface area contributed by atoms with Gasteiger partial charge in [0.1, 0.15) is 6.10 Å². The minimum absolute atomic E-state index is 0.0305. The molecule has 2 aromatic carbocycles. The first-order chi connectivity index (χ1) is 38.4. The standard InChI is InChI=1S/C68H116N3O9P/c1-15-61-67(8,75)44-48(3)71(38-28-16-17-29-39-81(53-30-20-18-21-31-53,54-32-22-19-23-33-54)60-37-27-25-35-56(60)55-34-24-26-36-58(55)70(12)13)46-47(2)43-66(7,74)62(79-63-41-52(69(10)11)40-49(4)77-63)42-57(50(5)65(73)80-61)59-45-68(9,76-14)64(72)51(6)78-59/h24-27,34-37,47-54,57,59,61-64,72,74-75,81H,15-23,28-33,38-46H2,1-14H3/t47-,48-,49-,50-,51+,52+,57?,59-,61-,62-,63+,64+,66-,67+,68-/m1/s1. The van der Waals surface area contributed by atoms with E-state index in [9.17, 15) is 20.1 Å². The van der Waals surface area contributed by atoms with Crippen LogP contribution in [-0.4, -0.2) is 169 Å². The van der Waals surface area contributed by atoms with E-state index in [1.807, 2.05) is 41.5 Å². The Morgan fingerprint density at radius 3 is 1.98 bits per heavy atom. The van der Waals surface area contributed by atoms with Gasteiger partial charge in [0.05, 0.1) is 29.8 Å². The van der Waals surface area contributed by atoms with Crippen LogP contribution in [0, 0.1) is 17.8 Å². The van der Waals surface area contributed by atoms with Crippen LogP contribution in [0.1, 0.15) is 197 Å². The Labute approximate surface area is 492 Å². The third-order valence-electron chi connectivity index (χ3n) is 21.2. The maximum absolute atomic E-state index is 14.8. The second kappa shape index (κ2) is 29.4. The molecule has 81 heavy (non-hydrogen) atoms. The van der Waals surface area contributed by atoms with Crippen LogP contribution in [0.5, 0.6) is 0 Å². The second-order valence-corrected chi connectivity index (χ2v) is 32.8. The minimum atomic E-state index is -2.08. The van der Waals surface area contributed by atoms with Gasteiger partial charge in [0, 0.05) is 31.9 Å². The van der Waals surface area contributed by atoms with Crippen LogP contribution in [0.2, 0.25) is 0 Å². The summed E-state index contributed by atoms with van der Waals surface area (Å²) in [5, 5.41) is 38.8. The maximum atomic E-state index is 14.8. The normalized spacial score (nSPS) is 36.4. The fourth-order valence-corrected chi connectivity index (χ4v) is 24.1. The van der Waals surface area contributed by atoms with E-state index in [1.165, 1.54) is 100 Å². The molecule has 5 fully saturated rings. The number of hydrogen-bond donors (Lipinski definition) is 3. The van der Waals surface area contributed by atoms with Crippen molar-refractivity contribution in [1.82, 2.24) is 9.80 Å². The zero-order valence-electron chi connectivity index (χ0n) is 53.3. The number of unbranched alkanes of at least 4 members (excludes halogenated alkanes) is 3. The van der Waals surface area contributed by atoms with Crippen LogP contribution in [0.4, 0.5) is 5.69 Å². The van der Waals surface area contributed by atoms with E-state index in [0.717, 1.165) is 43.7 Å². The van der Waals surface area contributed by atoms with E-state index < -0.39 is 78.7 Å². The molecule has 3 heterocycles. The molecule has 5 aliphatic rings. The van der Waals surface area contributed by atoms with Crippen molar-refractivity contribution in [3.8, 4) is 11.1 Å². The van der Waals surface area contributed by atoms with Crippen molar-refractivity contribution >= 4 is 24.2 Å². The summed E-state index contributed by atoms with van der Waals surface area (Å²) in [5.41, 5.74) is 2.24. The summed E-state index contributed by atoms with van der Waals surface area (Å²) in [6, 6.07) is 19.0. The summed E-state index contributed by atoms with van der Waals surface area (Å²) in [6.07, 6.45) is 19.1. The molecule has 0 radical (unpaired) electrons. The van der Waals surface area contributed by atoms with Crippen LogP contribution in [0.25, 0.3) is 11.1 Å².